The highest BCUT2D eigenvalue weighted by atomic mass is 32.2. The van der Waals surface area contributed by atoms with Crippen molar-refractivity contribution in [3.63, 3.8) is 0 Å². The number of aryl methyl sites for hydroxylation is 2. The number of morpholine rings is 1. The fourth-order valence-corrected chi connectivity index (χ4v) is 7.00. The van der Waals surface area contributed by atoms with E-state index in [0.29, 0.717) is 30.2 Å². The third-order valence-electron chi connectivity index (χ3n) is 5.99. The largest absolute Gasteiger partial charge is 0.379 e. The Hall–Kier alpha value is -3.25. The van der Waals surface area contributed by atoms with Gasteiger partial charge in [0.2, 0.25) is 15.9 Å². The first-order valence-corrected chi connectivity index (χ1v) is 14.6. The molecule has 3 aromatic rings. The molecule has 1 aliphatic rings. The fraction of sp³-hybridized carbons (Fsp3) is 0.269. The molecule has 0 spiro atoms. The minimum absolute atomic E-state index is 0.0699. The number of carbonyl (C=O) groups is 1. The molecule has 0 unspecified atom stereocenters. The summed E-state index contributed by atoms with van der Waals surface area (Å²) in [7, 11) is -7.71. The number of carbonyl (C=O) groups excluding carboxylic acids is 1. The van der Waals surface area contributed by atoms with E-state index in [2.05, 4.69) is 5.32 Å². The second kappa shape index (κ2) is 11.0. The Kier molecular flexibility index (Phi) is 7.98. The monoisotopic (exact) mass is 543 g/mol. The van der Waals surface area contributed by atoms with E-state index in [-0.39, 0.29) is 22.9 Å². The number of rotatable bonds is 8. The SMILES string of the molecule is Cc1ccc(N(CC(=O)Nc2ccc(S(=O)(=O)N3CCOCC3)cc2)S(=O)(=O)c2ccccc2)c(C)c1. The van der Waals surface area contributed by atoms with Gasteiger partial charge in [0.15, 0.2) is 0 Å². The number of nitrogens with zero attached hydrogens (tertiary/aromatic N) is 2. The summed E-state index contributed by atoms with van der Waals surface area (Å²) >= 11 is 0. The zero-order valence-electron chi connectivity index (χ0n) is 20.6. The van der Waals surface area contributed by atoms with Crippen molar-refractivity contribution in [3.8, 4) is 0 Å². The van der Waals surface area contributed by atoms with Gasteiger partial charge < -0.3 is 10.1 Å². The van der Waals surface area contributed by atoms with Crippen molar-refractivity contribution in [2.45, 2.75) is 23.6 Å². The maximum absolute atomic E-state index is 13.5. The first kappa shape index (κ1) is 26.8. The van der Waals surface area contributed by atoms with E-state index in [0.717, 1.165) is 9.87 Å². The predicted molar refractivity (Wildman–Crippen MR) is 142 cm³/mol. The Balaban J connectivity index is 1.56. The molecule has 0 radical (unpaired) electrons. The number of ether oxygens (including phenoxy) is 1. The molecule has 1 N–H and O–H groups in total. The van der Waals surface area contributed by atoms with Gasteiger partial charge in [0.1, 0.15) is 6.54 Å². The second-order valence-corrected chi connectivity index (χ2v) is 12.5. The molecule has 196 valence electrons. The first-order valence-electron chi connectivity index (χ1n) is 11.7. The van der Waals surface area contributed by atoms with E-state index < -0.39 is 32.5 Å². The Bertz CT molecular complexity index is 1470. The molecule has 1 aliphatic heterocycles. The minimum atomic E-state index is -4.04. The summed E-state index contributed by atoms with van der Waals surface area (Å²) in [5, 5.41) is 2.68. The van der Waals surface area contributed by atoms with Crippen molar-refractivity contribution in [2.75, 3.05) is 42.5 Å². The molecule has 11 heteroatoms. The molecule has 0 bridgehead atoms. The number of amides is 1. The smallest absolute Gasteiger partial charge is 0.264 e. The standard InChI is InChI=1S/C26H29N3O6S2/c1-20-8-13-25(21(2)18-20)29(37(33,34)23-6-4-3-5-7-23)19-26(30)27-22-9-11-24(12-10-22)36(31,32)28-14-16-35-17-15-28/h3-13,18H,14-17,19H2,1-2H3,(H,27,30). The summed E-state index contributed by atoms with van der Waals surface area (Å²) in [6.07, 6.45) is 0. The Labute approximate surface area is 217 Å². The Morgan fingerprint density at radius 3 is 2.16 bits per heavy atom. The lowest BCUT2D eigenvalue weighted by Crippen LogP contribution is -2.40. The normalized spacial score (nSPS) is 14.8. The lowest BCUT2D eigenvalue weighted by atomic mass is 10.1. The molecule has 37 heavy (non-hydrogen) atoms. The quantitative estimate of drug-likeness (QED) is 0.467. The van der Waals surface area contributed by atoms with Crippen LogP contribution in [-0.4, -0.2) is 59.9 Å². The van der Waals surface area contributed by atoms with E-state index in [1.807, 2.05) is 13.0 Å². The van der Waals surface area contributed by atoms with Gasteiger partial charge in [-0.15, -0.1) is 0 Å². The van der Waals surface area contributed by atoms with Crippen molar-refractivity contribution in [3.05, 3.63) is 83.9 Å². The van der Waals surface area contributed by atoms with E-state index in [1.165, 1.54) is 40.7 Å². The van der Waals surface area contributed by atoms with Crippen LogP contribution in [-0.2, 0) is 29.6 Å². The van der Waals surface area contributed by atoms with Crippen LogP contribution in [0.1, 0.15) is 11.1 Å². The highest BCUT2D eigenvalue weighted by Crippen LogP contribution is 2.28. The second-order valence-electron chi connectivity index (χ2n) is 8.70. The maximum Gasteiger partial charge on any atom is 0.264 e. The molecular weight excluding hydrogens is 514 g/mol. The minimum Gasteiger partial charge on any atom is -0.379 e. The molecule has 3 aromatic carbocycles. The molecule has 1 heterocycles. The van der Waals surface area contributed by atoms with E-state index in [9.17, 15) is 21.6 Å². The number of anilines is 2. The summed E-state index contributed by atoms with van der Waals surface area (Å²) in [6, 6.07) is 19.1. The zero-order chi connectivity index (χ0) is 26.6. The molecular formula is C26H29N3O6S2. The molecule has 9 nitrogen and oxygen atoms in total. The Morgan fingerprint density at radius 1 is 0.892 bits per heavy atom. The van der Waals surface area contributed by atoms with Crippen LogP contribution in [0.25, 0.3) is 0 Å². The van der Waals surface area contributed by atoms with Gasteiger partial charge in [-0.05, 0) is 61.9 Å². The van der Waals surface area contributed by atoms with Gasteiger partial charge >= 0.3 is 0 Å². The summed E-state index contributed by atoms with van der Waals surface area (Å²) in [5.74, 6) is -0.566. The molecule has 4 rings (SSSR count). The van der Waals surface area contributed by atoms with Crippen LogP contribution in [0.15, 0.2) is 82.6 Å². The lowest BCUT2D eigenvalue weighted by molar-refractivity contribution is -0.114. The molecule has 0 atom stereocenters. The number of benzene rings is 3. The van der Waals surface area contributed by atoms with Crippen LogP contribution in [0.4, 0.5) is 11.4 Å². The zero-order valence-corrected chi connectivity index (χ0v) is 22.3. The molecule has 0 aliphatic carbocycles. The van der Waals surface area contributed by atoms with Crippen LogP contribution >= 0.6 is 0 Å². The third kappa shape index (κ3) is 6.02. The molecule has 1 saturated heterocycles. The van der Waals surface area contributed by atoms with Crippen LogP contribution in [0.2, 0.25) is 0 Å². The average molecular weight is 544 g/mol. The van der Waals surface area contributed by atoms with Gasteiger partial charge in [-0.1, -0.05) is 35.9 Å². The number of hydrogen-bond acceptors (Lipinski definition) is 6. The van der Waals surface area contributed by atoms with Crippen molar-refractivity contribution in [1.29, 1.82) is 0 Å². The van der Waals surface area contributed by atoms with Crippen LogP contribution in [0.5, 0.6) is 0 Å². The van der Waals surface area contributed by atoms with E-state index in [4.69, 9.17) is 4.74 Å². The van der Waals surface area contributed by atoms with Gasteiger partial charge in [0.05, 0.1) is 28.7 Å². The Morgan fingerprint density at radius 2 is 1.54 bits per heavy atom. The van der Waals surface area contributed by atoms with Crippen LogP contribution in [0.3, 0.4) is 0 Å². The van der Waals surface area contributed by atoms with Crippen LogP contribution < -0.4 is 9.62 Å². The summed E-state index contributed by atoms with van der Waals surface area (Å²) in [6.45, 7) is 4.49. The predicted octanol–water partition coefficient (Wildman–Crippen LogP) is 3.16. The van der Waals surface area contributed by atoms with Gasteiger partial charge in [0.25, 0.3) is 10.0 Å². The fourth-order valence-electron chi connectivity index (χ4n) is 4.08. The summed E-state index contributed by atoms with van der Waals surface area (Å²) in [4.78, 5) is 13.2. The first-order chi connectivity index (χ1) is 17.6. The summed E-state index contributed by atoms with van der Waals surface area (Å²) in [5.41, 5.74) is 2.43. The number of hydrogen-bond donors (Lipinski definition) is 1. The van der Waals surface area contributed by atoms with Gasteiger partial charge in [-0.2, -0.15) is 4.31 Å². The highest BCUT2D eigenvalue weighted by molar-refractivity contribution is 7.92. The topological polar surface area (TPSA) is 113 Å². The average Bonchev–Trinajstić information content (AvgIpc) is 2.89. The third-order valence-corrected chi connectivity index (χ3v) is 9.67. The molecule has 1 fully saturated rings. The number of sulfonamides is 2. The number of nitrogens with one attached hydrogen (secondary N) is 1. The van der Waals surface area contributed by atoms with E-state index in [1.54, 1.807) is 37.3 Å². The molecule has 0 saturated carbocycles. The van der Waals surface area contributed by atoms with Crippen molar-refractivity contribution in [1.82, 2.24) is 4.31 Å². The van der Waals surface area contributed by atoms with Crippen molar-refractivity contribution < 1.29 is 26.4 Å². The molecule has 1 amide bonds. The van der Waals surface area contributed by atoms with Crippen LogP contribution in [0, 0.1) is 13.8 Å². The lowest BCUT2D eigenvalue weighted by Gasteiger charge is -2.26. The van der Waals surface area contributed by atoms with Crippen molar-refractivity contribution >= 4 is 37.3 Å². The summed E-state index contributed by atoms with van der Waals surface area (Å²) < 4.78 is 60.4. The highest BCUT2D eigenvalue weighted by Gasteiger charge is 2.29. The molecule has 0 aromatic heterocycles. The van der Waals surface area contributed by atoms with E-state index >= 15 is 0 Å². The van der Waals surface area contributed by atoms with Gasteiger partial charge in [-0.25, -0.2) is 16.8 Å². The van der Waals surface area contributed by atoms with Gasteiger partial charge in [-0.3, -0.25) is 9.10 Å². The van der Waals surface area contributed by atoms with Gasteiger partial charge in [0, 0.05) is 18.8 Å². The maximum atomic E-state index is 13.5. The van der Waals surface area contributed by atoms with Crippen molar-refractivity contribution in [2.24, 2.45) is 0 Å².